The number of carbonyl (C=O) groups is 2. The molecule has 2 N–H and O–H groups in total. The van der Waals surface area contributed by atoms with Crippen LogP contribution in [-0.4, -0.2) is 61.2 Å². The Bertz CT molecular complexity index is 1780. The van der Waals surface area contributed by atoms with Crippen LogP contribution in [0.25, 0.3) is 10.8 Å². The average Bonchev–Trinajstić information content (AvgIpc) is 3.74. The number of hydrogen-bond acceptors (Lipinski definition) is 7. The van der Waals surface area contributed by atoms with Crippen molar-refractivity contribution in [3.05, 3.63) is 57.7 Å². The largest absolute Gasteiger partial charge is 0.490 e. The van der Waals surface area contributed by atoms with E-state index in [4.69, 9.17) is 21.1 Å². The summed E-state index contributed by atoms with van der Waals surface area (Å²) in [6, 6.07) is 8.37. The zero-order valence-corrected chi connectivity index (χ0v) is 29.4. The predicted molar refractivity (Wildman–Crippen MR) is 180 cm³/mol. The maximum Gasteiger partial charge on any atom is 0.407 e. The summed E-state index contributed by atoms with van der Waals surface area (Å²) in [5.74, 6) is -4.26. The lowest BCUT2D eigenvalue weighted by molar-refractivity contribution is -0.148. The highest BCUT2D eigenvalue weighted by Gasteiger charge is 2.54. The molecule has 260 valence electrons. The molecule has 14 heteroatoms. The van der Waals surface area contributed by atoms with E-state index < -0.39 is 56.5 Å². The van der Waals surface area contributed by atoms with Crippen molar-refractivity contribution in [3.63, 3.8) is 0 Å². The first-order valence-electron chi connectivity index (χ1n) is 16.3. The number of alkyl carbamates (subject to hydrolysis) is 1. The molecule has 3 aliphatic rings. The van der Waals surface area contributed by atoms with Crippen LogP contribution in [0.5, 0.6) is 5.75 Å². The predicted octanol–water partition coefficient (Wildman–Crippen LogP) is 7.36. The summed E-state index contributed by atoms with van der Waals surface area (Å²) in [7, 11) is -4.62. The minimum absolute atomic E-state index is 0.0821. The molecule has 1 saturated carbocycles. The van der Waals surface area contributed by atoms with E-state index in [1.165, 1.54) is 23.1 Å². The Balaban J connectivity index is 1.25. The van der Waals surface area contributed by atoms with Gasteiger partial charge < -0.3 is 19.7 Å². The molecule has 3 unspecified atom stereocenters. The molecule has 2 bridgehead atoms. The minimum Gasteiger partial charge on any atom is -0.490 e. The van der Waals surface area contributed by atoms with Crippen LogP contribution in [0.15, 0.2) is 53.4 Å². The van der Waals surface area contributed by atoms with E-state index in [0.717, 1.165) is 37.1 Å². The number of fused-ring (bicyclic) bond motifs is 3. The summed E-state index contributed by atoms with van der Waals surface area (Å²) in [5, 5.41) is 4.15. The van der Waals surface area contributed by atoms with Crippen LogP contribution in [0.2, 0.25) is 4.34 Å². The van der Waals surface area contributed by atoms with Crippen molar-refractivity contribution in [1.82, 2.24) is 14.9 Å². The van der Waals surface area contributed by atoms with Gasteiger partial charge in [0.1, 0.15) is 11.4 Å². The number of alkyl halides is 2. The molecule has 6 rings (SSSR count). The molecule has 3 atom stereocenters. The molecule has 1 aliphatic carbocycles. The molecule has 0 spiro atoms. The standard InChI is InChI=1S/C34H40ClF2N3O6S2/c1-33(2,3)46-32(42)38-22-18-23-10-11-24(19-22)40(23)31(41)30(34(36,37)28-14-15-29(35)47-28)39-48(43,44)27-13-9-20-16-26(12-8-21(20)17-27)45-25-6-4-5-7-25/h8-9,12-17,22-25,30,39H,4-7,10-11,18-19H2,1-3H3,(H,38,42). The number of piperidine rings is 1. The van der Waals surface area contributed by atoms with Crippen molar-refractivity contribution in [2.45, 2.75) is 119 Å². The Morgan fingerprint density at radius 3 is 2.23 bits per heavy atom. The third-order valence-electron chi connectivity index (χ3n) is 9.19. The van der Waals surface area contributed by atoms with Crippen LogP contribution in [0.3, 0.4) is 0 Å². The van der Waals surface area contributed by atoms with Crippen LogP contribution in [-0.2, 0) is 25.5 Å². The maximum absolute atomic E-state index is 16.3. The highest BCUT2D eigenvalue weighted by Crippen LogP contribution is 2.43. The lowest BCUT2D eigenvalue weighted by Crippen LogP contribution is -2.61. The lowest BCUT2D eigenvalue weighted by atomic mass is 9.95. The van der Waals surface area contributed by atoms with Crippen molar-refractivity contribution >= 4 is 55.7 Å². The molecule has 48 heavy (non-hydrogen) atoms. The van der Waals surface area contributed by atoms with Crippen molar-refractivity contribution in [2.24, 2.45) is 0 Å². The van der Waals surface area contributed by atoms with Gasteiger partial charge in [-0.25, -0.2) is 13.2 Å². The fourth-order valence-corrected chi connectivity index (χ4v) is 9.33. The number of benzene rings is 2. The average molecular weight is 724 g/mol. The van der Waals surface area contributed by atoms with Crippen molar-refractivity contribution < 1.29 is 36.3 Å². The second kappa shape index (κ2) is 13.4. The number of thiophene rings is 1. The van der Waals surface area contributed by atoms with Gasteiger partial charge in [0.15, 0.2) is 6.04 Å². The second-order valence-corrected chi connectivity index (χ2v) is 17.4. The highest BCUT2D eigenvalue weighted by atomic mass is 35.5. The SMILES string of the molecule is CC(C)(C)OC(=O)NC1CC2CCC(C1)N2C(=O)C(NS(=O)(=O)c1ccc2cc(OC3CCCC3)ccc2c1)C(F)(F)c1ccc(Cl)s1. The smallest absolute Gasteiger partial charge is 0.407 e. The summed E-state index contributed by atoms with van der Waals surface area (Å²) >= 11 is 6.58. The topological polar surface area (TPSA) is 114 Å². The first-order chi connectivity index (χ1) is 22.6. The molecule has 2 amide bonds. The van der Waals surface area contributed by atoms with Gasteiger partial charge in [-0.3, -0.25) is 4.79 Å². The number of amides is 2. The number of nitrogens with zero attached hydrogens (tertiary/aromatic N) is 1. The van der Waals surface area contributed by atoms with Gasteiger partial charge in [-0.05, 0) is 119 Å². The highest BCUT2D eigenvalue weighted by molar-refractivity contribution is 7.89. The number of nitrogens with one attached hydrogen (secondary N) is 2. The van der Waals surface area contributed by atoms with E-state index in [1.807, 2.05) is 6.07 Å². The zero-order chi connectivity index (χ0) is 34.4. The van der Waals surface area contributed by atoms with E-state index >= 15 is 8.78 Å². The van der Waals surface area contributed by atoms with Gasteiger partial charge in [0.25, 0.3) is 0 Å². The molecule has 0 radical (unpaired) electrons. The summed E-state index contributed by atoms with van der Waals surface area (Å²) in [4.78, 5) is 27.2. The molecule has 3 heterocycles. The van der Waals surface area contributed by atoms with E-state index in [9.17, 15) is 18.0 Å². The zero-order valence-electron chi connectivity index (χ0n) is 27.0. The van der Waals surface area contributed by atoms with Crippen molar-refractivity contribution in [2.75, 3.05) is 0 Å². The second-order valence-electron chi connectivity index (χ2n) is 13.9. The number of ether oxygens (including phenoxy) is 2. The number of hydrogen-bond donors (Lipinski definition) is 2. The van der Waals surface area contributed by atoms with E-state index in [-0.39, 0.29) is 21.4 Å². The molecular weight excluding hydrogens is 684 g/mol. The monoisotopic (exact) mass is 723 g/mol. The molecule has 3 fully saturated rings. The number of sulfonamides is 1. The Morgan fingerprint density at radius 2 is 1.60 bits per heavy atom. The first kappa shape index (κ1) is 34.8. The van der Waals surface area contributed by atoms with E-state index in [0.29, 0.717) is 48.2 Å². The Kier molecular flexibility index (Phi) is 9.71. The molecule has 3 aromatic rings. The van der Waals surface area contributed by atoms with Crippen LogP contribution in [0.1, 0.15) is 77.0 Å². The van der Waals surface area contributed by atoms with Crippen molar-refractivity contribution in [1.29, 1.82) is 0 Å². The van der Waals surface area contributed by atoms with Crippen LogP contribution in [0.4, 0.5) is 13.6 Å². The molecule has 9 nitrogen and oxygen atoms in total. The summed E-state index contributed by atoms with van der Waals surface area (Å²) < 4.78 is 73.9. The van der Waals surface area contributed by atoms with E-state index in [1.54, 1.807) is 39.0 Å². The van der Waals surface area contributed by atoms with Crippen LogP contribution >= 0.6 is 22.9 Å². The summed E-state index contributed by atoms with van der Waals surface area (Å²) in [6.07, 6.45) is 5.53. The fourth-order valence-electron chi connectivity index (χ4n) is 7.06. The number of rotatable bonds is 9. The number of halogens is 3. The van der Waals surface area contributed by atoms with Gasteiger partial charge in [0, 0.05) is 18.1 Å². The van der Waals surface area contributed by atoms with Crippen LogP contribution < -0.4 is 14.8 Å². The molecule has 2 saturated heterocycles. The molecular formula is C34H40ClF2N3O6S2. The van der Waals surface area contributed by atoms with Crippen LogP contribution in [0, 0.1) is 0 Å². The Morgan fingerprint density at radius 1 is 0.958 bits per heavy atom. The van der Waals surface area contributed by atoms with Gasteiger partial charge >= 0.3 is 12.0 Å². The minimum atomic E-state index is -4.62. The number of carbonyl (C=O) groups excluding carboxylic acids is 2. The summed E-state index contributed by atoms with van der Waals surface area (Å²) in [6.45, 7) is 5.25. The third-order valence-corrected chi connectivity index (χ3v) is 11.9. The molecule has 2 aromatic carbocycles. The molecule has 1 aromatic heterocycles. The normalized spacial score (nSPS) is 22.5. The van der Waals surface area contributed by atoms with Gasteiger partial charge in [0.2, 0.25) is 15.9 Å². The van der Waals surface area contributed by atoms with Gasteiger partial charge in [-0.1, -0.05) is 23.7 Å². The summed E-state index contributed by atoms with van der Waals surface area (Å²) in [5.41, 5.74) is -0.697. The lowest BCUT2D eigenvalue weighted by Gasteiger charge is -2.41. The van der Waals surface area contributed by atoms with Gasteiger partial charge in [-0.15, -0.1) is 11.3 Å². The first-order valence-corrected chi connectivity index (χ1v) is 18.9. The Hall–Kier alpha value is -3.00. The Labute approximate surface area is 288 Å². The van der Waals surface area contributed by atoms with Gasteiger partial charge in [0.05, 0.1) is 20.2 Å². The van der Waals surface area contributed by atoms with Crippen molar-refractivity contribution in [3.8, 4) is 5.75 Å². The molecule has 2 aliphatic heterocycles. The van der Waals surface area contributed by atoms with Gasteiger partial charge in [-0.2, -0.15) is 13.5 Å². The van der Waals surface area contributed by atoms with E-state index in [2.05, 4.69) is 10.0 Å². The maximum atomic E-state index is 16.3. The third kappa shape index (κ3) is 7.59. The quantitative estimate of drug-likeness (QED) is 0.239. The fraction of sp³-hybridized carbons (Fsp3) is 0.529.